The predicted octanol–water partition coefficient (Wildman–Crippen LogP) is 5.19. The van der Waals surface area contributed by atoms with Crippen LogP contribution in [-0.2, 0) is 29.1 Å². The molecule has 5 rings (SSSR count). The molecule has 1 saturated heterocycles. The maximum absolute atomic E-state index is 13.6. The van der Waals surface area contributed by atoms with Crippen molar-refractivity contribution < 1.29 is 37.9 Å². The molecule has 0 aliphatic carbocycles. The summed E-state index contributed by atoms with van der Waals surface area (Å²) in [5.41, 5.74) is -0.0755. The van der Waals surface area contributed by atoms with Gasteiger partial charge in [0.1, 0.15) is 0 Å². The number of rotatable bonds is 20. The molecule has 1 amide bonds. The van der Waals surface area contributed by atoms with E-state index >= 15 is 0 Å². The number of methoxy groups -OCH3 is 2. The number of nitriles is 1. The van der Waals surface area contributed by atoms with Gasteiger partial charge in [-0.1, -0.05) is 0 Å². The monoisotopic (exact) mass is 847 g/mol. The summed E-state index contributed by atoms with van der Waals surface area (Å²) in [5.74, 6) is 1.01. The van der Waals surface area contributed by atoms with Crippen LogP contribution in [0.2, 0.25) is 0 Å². The summed E-state index contributed by atoms with van der Waals surface area (Å²) < 4.78 is 41.8. The third-order valence-electron chi connectivity index (χ3n) is 10.7. The molecular weight excluding hydrogens is 789 g/mol. The number of hydrogen-bond acceptors (Lipinski definition) is 12. The van der Waals surface area contributed by atoms with Crippen LogP contribution in [0.3, 0.4) is 0 Å². The van der Waals surface area contributed by atoms with E-state index in [0.717, 1.165) is 16.7 Å². The number of nitrogens with zero attached hydrogens (tertiary/aromatic N) is 3. The van der Waals surface area contributed by atoms with Crippen LogP contribution in [0.5, 0.6) is 11.5 Å². The quantitative estimate of drug-likeness (QED) is 0.0782. The number of ether oxygens (including phenoxy) is 5. The molecule has 60 heavy (non-hydrogen) atoms. The molecule has 0 radical (unpaired) electrons. The number of benzene rings is 3. The van der Waals surface area contributed by atoms with Crippen molar-refractivity contribution in [3.05, 3.63) is 128 Å². The molecule has 4 aromatic rings. The molecule has 16 heteroatoms. The normalized spacial score (nSPS) is 18.4. The summed E-state index contributed by atoms with van der Waals surface area (Å²) in [6.07, 6.45) is -3.12. The van der Waals surface area contributed by atoms with Crippen LogP contribution < -0.4 is 26.0 Å². The molecule has 1 aliphatic heterocycles. The summed E-state index contributed by atoms with van der Waals surface area (Å²) in [7, 11) is 0.654. The number of aromatic nitrogens is 2. The van der Waals surface area contributed by atoms with Gasteiger partial charge in [0, 0.05) is 0 Å². The Bertz CT molecular complexity index is 2120. The van der Waals surface area contributed by atoms with E-state index < -0.39 is 49.3 Å². The van der Waals surface area contributed by atoms with Gasteiger partial charge in [-0.05, 0) is 0 Å². The number of carbonyl (C=O) groups is 1. The van der Waals surface area contributed by atoms with Crippen molar-refractivity contribution in [2.75, 3.05) is 40.6 Å². The molecule has 1 aromatic heterocycles. The summed E-state index contributed by atoms with van der Waals surface area (Å²) in [6.45, 7) is 9.05. The minimum absolute atomic E-state index is 0.00363. The number of hydrogen-bond donors (Lipinski definition) is 3. The number of aromatic amines is 1. The number of H-pyrrole nitrogens is 1. The molecule has 2 heterocycles. The van der Waals surface area contributed by atoms with Gasteiger partial charge < -0.3 is 0 Å². The Balaban J connectivity index is 1.72. The number of nitrogens with one attached hydrogen (secondary N) is 2. The first kappa shape index (κ1) is 46.2. The first-order valence-corrected chi connectivity index (χ1v) is 22.1. The molecular formula is C44H58N5O10P. The third-order valence-corrected chi connectivity index (χ3v) is 14.1. The minimum atomic E-state index is -4.05. The molecule has 3 N–H and O–H groups in total. The van der Waals surface area contributed by atoms with Crippen molar-refractivity contribution in [2.24, 2.45) is 0 Å². The van der Waals surface area contributed by atoms with Crippen molar-refractivity contribution in [3.63, 3.8) is 0 Å². The molecule has 0 bridgehead atoms. The molecule has 1 fully saturated rings. The van der Waals surface area contributed by atoms with Crippen LogP contribution in [0.15, 0.2) is 94.6 Å². The topological polar surface area (TPSA) is 187 Å². The molecule has 324 valence electrons. The molecule has 0 spiro atoms. The number of amides is 1. The van der Waals surface area contributed by atoms with E-state index in [-0.39, 0.29) is 55.8 Å². The summed E-state index contributed by atoms with van der Waals surface area (Å²) in [6, 6.07) is 26.5. The van der Waals surface area contributed by atoms with E-state index in [1.807, 2.05) is 111 Å². The van der Waals surface area contributed by atoms with E-state index in [0.29, 0.717) is 11.5 Å². The molecule has 3 aromatic carbocycles. The molecule has 15 nitrogen and oxygen atoms in total. The van der Waals surface area contributed by atoms with Gasteiger partial charge in [0.25, 0.3) is 0 Å². The van der Waals surface area contributed by atoms with Gasteiger partial charge in [-0.25, -0.2) is 0 Å². The maximum atomic E-state index is 13.6. The van der Waals surface area contributed by atoms with E-state index in [9.17, 15) is 24.5 Å². The van der Waals surface area contributed by atoms with Crippen LogP contribution in [0, 0.1) is 18.3 Å². The van der Waals surface area contributed by atoms with Crippen molar-refractivity contribution in [1.82, 2.24) is 19.5 Å². The van der Waals surface area contributed by atoms with Gasteiger partial charge in [-0.15, -0.1) is 0 Å². The predicted molar refractivity (Wildman–Crippen MR) is 229 cm³/mol. The Morgan fingerprint density at radius 2 is 1.52 bits per heavy atom. The summed E-state index contributed by atoms with van der Waals surface area (Å²) in [4.78, 5) is 53.8. The Kier molecular flexibility index (Phi) is 15.8. The second-order valence-corrected chi connectivity index (χ2v) is 17.9. The van der Waals surface area contributed by atoms with E-state index in [1.165, 1.54) is 17.8 Å². The first-order valence-electron chi connectivity index (χ1n) is 20.1. The zero-order chi connectivity index (χ0) is 43.6. The second kappa shape index (κ2) is 20.6. The van der Waals surface area contributed by atoms with Crippen LogP contribution >= 0.6 is 7.87 Å². The van der Waals surface area contributed by atoms with E-state index in [1.54, 1.807) is 21.1 Å². The fraction of sp³-hybridized carbons (Fsp3) is 0.455. The van der Waals surface area contributed by atoms with E-state index in [2.05, 4.69) is 16.4 Å². The number of carbonyl (C=O) groups excluding carboxylic acids is 1. The van der Waals surface area contributed by atoms with Gasteiger partial charge >= 0.3 is 353 Å². The zero-order valence-electron chi connectivity index (χ0n) is 35.5. The van der Waals surface area contributed by atoms with Crippen molar-refractivity contribution in [2.45, 2.75) is 89.7 Å². The Labute approximate surface area is 351 Å². The molecule has 4 atom stereocenters. The van der Waals surface area contributed by atoms with Gasteiger partial charge in [0.15, 0.2) is 0 Å². The fourth-order valence-corrected chi connectivity index (χ4v) is 11.2. The van der Waals surface area contributed by atoms with Crippen LogP contribution in [0.4, 0.5) is 0 Å². The van der Waals surface area contributed by atoms with Gasteiger partial charge in [0.2, 0.25) is 0 Å². The third kappa shape index (κ3) is 10.2. The zero-order valence-corrected chi connectivity index (χ0v) is 36.5. The molecule has 0 saturated carbocycles. The van der Waals surface area contributed by atoms with Gasteiger partial charge in [-0.3, -0.25) is 0 Å². The Morgan fingerprint density at radius 3 is 2.03 bits per heavy atom. The van der Waals surface area contributed by atoms with Gasteiger partial charge in [0.05, 0.1) is 0 Å². The molecule has 1 aliphatic rings. The fourth-order valence-electron chi connectivity index (χ4n) is 7.94. The number of aryl methyl sites for hydroxylation is 1. The Morgan fingerprint density at radius 1 is 0.950 bits per heavy atom. The summed E-state index contributed by atoms with van der Waals surface area (Å²) >= 11 is 0. The first-order chi connectivity index (χ1) is 28.7. The summed E-state index contributed by atoms with van der Waals surface area (Å²) in [5, 5.41) is 12.4. The Hall–Kier alpha value is -4.91. The van der Waals surface area contributed by atoms with Crippen molar-refractivity contribution in [3.8, 4) is 17.6 Å². The average Bonchev–Trinajstić information content (AvgIpc) is 3.57. The second-order valence-electron chi connectivity index (χ2n) is 15.2. The molecule has 0 unspecified atom stereocenters. The van der Waals surface area contributed by atoms with Gasteiger partial charge in [-0.2, -0.15) is 0 Å². The standard InChI is InChI=1S/C44H58N5O10P/c1-29(2)49(30(3)4)60(53,26-12-24-45)59-39-37(58-42(40(39)56-25-23-38(50)46-6)48-27-31(5)41(51)47-43(48)52)28-57-44(32-13-10-9-11-14-32,33-15-19-35(54-7)20-16-33)34-17-21-36(55-8)22-18-34/h9-11,13-22,27,29-30,37,39-40,42,53,60H,12,23,25-26,28H2,1-8H3,(H,46,50)(H,47,51,52)/t37-,39-,40-,42-/m1/s1. The average molecular weight is 848 g/mol. The van der Waals surface area contributed by atoms with Crippen LogP contribution in [-0.4, -0.2) is 96.1 Å². The SMILES string of the molecule is CNC(=O)CCO[C@@H]1[C@H](O[PH](O)(CCC#N)N(C(C)C)C(C)C)[C@@H](COC(c2ccccc2)(c2ccc(OC)cc2)c2ccc(OC)cc2)O[C@H]1n1cc(C)c(=O)[nH]c1=O. The van der Waals surface area contributed by atoms with Crippen molar-refractivity contribution >= 4 is 13.8 Å². The van der Waals surface area contributed by atoms with Crippen LogP contribution in [0.1, 0.15) is 69.0 Å². The van der Waals surface area contributed by atoms with Crippen molar-refractivity contribution in [1.29, 1.82) is 5.26 Å². The van der Waals surface area contributed by atoms with E-state index in [4.69, 9.17) is 28.2 Å². The van der Waals surface area contributed by atoms with Crippen LogP contribution in [0.25, 0.3) is 0 Å².